The number of thiophene rings is 1. The van der Waals surface area contributed by atoms with E-state index in [9.17, 15) is 0 Å². The van der Waals surface area contributed by atoms with Crippen molar-refractivity contribution in [2.75, 3.05) is 18.0 Å². The van der Waals surface area contributed by atoms with Gasteiger partial charge in [-0.2, -0.15) is 0 Å². The van der Waals surface area contributed by atoms with Crippen LogP contribution in [0.2, 0.25) is 0 Å². The first-order chi connectivity index (χ1) is 8.65. The second-order valence-corrected chi connectivity index (χ2v) is 6.36. The largest absolute Gasteiger partial charge is 0.356 e. The van der Waals surface area contributed by atoms with Gasteiger partial charge in [0.05, 0.1) is 5.39 Å². The minimum absolute atomic E-state index is 0.261. The zero-order valence-corrected chi connectivity index (χ0v) is 11.6. The highest BCUT2D eigenvalue weighted by Gasteiger charge is 2.27. The summed E-state index contributed by atoms with van der Waals surface area (Å²) in [6, 6.07) is 2.45. The topological polar surface area (TPSA) is 55.0 Å². The Balaban J connectivity index is 1.95. The molecule has 0 amide bonds. The van der Waals surface area contributed by atoms with Gasteiger partial charge in [0.15, 0.2) is 0 Å². The van der Waals surface area contributed by atoms with Crippen molar-refractivity contribution in [1.29, 1.82) is 0 Å². The number of aromatic nitrogens is 2. The molecule has 96 valence electrons. The SMILES string of the molecule is Cc1cc2c(N3CCC(C(C)N)C3)ncnc2s1. The number of hydrogen-bond donors (Lipinski definition) is 1. The van der Waals surface area contributed by atoms with Crippen LogP contribution < -0.4 is 10.6 Å². The van der Waals surface area contributed by atoms with Gasteiger partial charge in [-0.1, -0.05) is 0 Å². The van der Waals surface area contributed by atoms with Gasteiger partial charge >= 0.3 is 0 Å². The Morgan fingerprint density at radius 1 is 1.50 bits per heavy atom. The first kappa shape index (κ1) is 11.9. The Hall–Kier alpha value is -1.20. The number of hydrogen-bond acceptors (Lipinski definition) is 5. The molecule has 0 aromatic carbocycles. The van der Waals surface area contributed by atoms with Gasteiger partial charge in [0.1, 0.15) is 17.0 Å². The molecule has 1 aliphatic rings. The molecule has 1 fully saturated rings. The third-order valence-corrected chi connectivity index (χ3v) is 4.66. The third kappa shape index (κ3) is 1.97. The van der Waals surface area contributed by atoms with E-state index in [1.165, 1.54) is 10.3 Å². The number of rotatable bonds is 2. The Kier molecular flexibility index (Phi) is 2.95. The van der Waals surface area contributed by atoms with Crippen LogP contribution in [0.25, 0.3) is 10.2 Å². The summed E-state index contributed by atoms with van der Waals surface area (Å²) in [4.78, 5) is 13.5. The van der Waals surface area contributed by atoms with E-state index in [1.807, 2.05) is 0 Å². The summed E-state index contributed by atoms with van der Waals surface area (Å²) in [6.07, 6.45) is 2.83. The highest BCUT2D eigenvalue weighted by Crippen LogP contribution is 2.32. The first-order valence-corrected chi connectivity index (χ1v) is 7.18. The Bertz CT molecular complexity index is 563. The van der Waals surface area contributed by atoms with Crippen molar-refractivity contribution >= 4 is 27.4 Å². The van der Waals surface area contributed by atoms with Crippen LogP contribution in [0.4, 0.5) is 5.82 Å². The number of aryl methyl sites for hydroxylation is 1. The zero-order chi connectivity index (χ0) is 12.7. The molecule has 0 aliphatic carbocycles. The molecule has 4 nitrogen and oxygen atoms in total. The average Bonchev–Trinajstić information content (AvgIpc) is 2.92. The van der Waals surface area contributed by atoms with Crippen molar-refractivity contribution in [3.05, 3.63) is 17.3 Å². The molecule has 0 saturated carbocycles. The summed E-state index contributed by atoms with van der Waals surface area (Å²) < 4.78 is 0. The third-order valence-electron chi connectivity index (χ3n) is 3.70. The van der Waals surface area contributed by atoms with Gasteiger partial charge in [0, 0.05) is 24.0 Å². The molecule has 18 heavy (non-hydrogen) atoms. The molecule has 0 radical (unpaired) electrons. The second kappa shape index (κ2) is 4.48. The van der Waals surface area contributed by atoms with E-state index in [0.717, 1.165) is 30.2 Å². The highest BCUT2D eigenvalue weighted by atomic mass is 32.1. The van der Waals surface area contributed by atoms with E-state index in [-0.39, 0.29) is 6.04 Å². The molecule has 2 atom stereocenters. The Morgan fingerprint density at radius 2 is 2.33 bits per heavy atom. The lowest BCUT2D eigenvalue weighted by Crippen LogP contribution is -2.30. The lowest BCUT2D eigenvalue weighted by Gasteiger charge is -2.19. The van der Waals surface area contributed by atoms with Crippen LogP contribution in [0.3, 0.4) is 0 Å². The summed E-state index contributed by atoms with van der Waals surface area (Å²) in [5.74, 6) is 1.65. The minimum atomic E-state index is 0.261. The fourth-order valence-electron chi connectivity index (χ4n) is 2.62. The zero-order valence-electron chi connectivity index (χ0n) is 10.8. The maximum absolute atomic E-state index is 6.00. The smallest absolute Gasteiger partial charge is 0.140 e. The molecule has 0 bridgehead atoms. The second-order valence-electron chi connectivity index (χ2n) is 5.13. The van der Waals surface area contributed by atoms with E-state index in [2.05, 4.69) is 34.8 Å². The maximum atomic E-state index is 6.00. The van der Waals surface area contributed by atoms with Gasteiger partial charge in [-0.05, 0) is 32.3 Å². The standard InChI is InChI=1S/C13H18N4S/c1-8-5-11-12(15-7-16-13(11)18-8)17-4-3-10(6-17)9(2)14/h5,7,9-10H,3-4,6,14H2,1-2H3. The van der Waals surface area contributed by atoms with Crippen molar-refractivity contribution in [2.45, 2.75) is 26.3 Å². The Morgan fingerprint density at radius 3 is 3.06 bits per heavy atom. The summed E-state index contributed by atoms with van der Waals surface area (Å²) in [7, 11) is 0. The number of nitrogens with two attached hydrogens (primary N) is 1. The molecular weight excluding hydrogens is 244 g/mol. The van der Waals surface area contributed by atoms with Crippen LogP contribution in [0.5, 0.6) is 0 Å². The summed E-state index contributed by atoms with van der Waals surface area (Å²) in [5, 5.41) is 1.19. The van der Waals surface area contributed by atoms with Gasteiger partial charge in [0.25, 0.3) is 0 Å². The molecule has 0 spiro atoms. The van der Waals surface area contributed by atoms with Crippen LogP contribution in [-0.4, -0.2) is 29.1 Å². The first-order valence-electron chi connectivity index (χ1n) is 6.37. The monoisotopic (exact) mass is 262 g/mol. The molecule has 1 saturated heterocycles. The quantitative estimate of drug-likeness (QED) is 0.901. The van der Waals surface area contributed by atoms with Crippen molar-refractivity contribution in [3.8, 4) is 0 Å². The van der Waals surface area contributed by atoms with Gasteiger partial charge in [-0.3, -0.25) is 0 Å². The maximum Gasteiger partial charge on any atom is 0.140 e. The van der Waals surface area contributed by atoms with E-state index in [4.69, 9.17) is 5.73 Å². The van der Waals surface area contributed by atoms with Gasteiger partial charge in [0.2, 0.25) is 0 Å². The lowest BCUT2D eigenvalue weighted by molar-refractivity contribution is 0.488. The van der Waals surface area contributed by atoms with Crippen LogP contribution >= 0.6 is 11.3 Å². The number of fused-ring (bicyclic) bond motifs is 1. The fourth-order valence-corrected chi connectivity index (χ4v) is 3.47. The van der Waals surface area contributed by atoms with Gasteiger partial charge in [-0.25, -0.2) is 9.97 Å². The van der Waals surface area contributed by atoms with Crippen molar-refractivity contribution < 1.29 is 0 Å². The molecule has 2 aromatic rings. The van der Waals surface area contributed by atoms with Crippen molar-refractivity contribution in [3.63, 3.8) is 0 Å². The number of nitrogens with zero attached hydrogens (tertiary/aromatic N) is 3. The summed E-state index contributed by atoms with van der Waals surface area (Å²) >= 11 is 1.73. The van der Waals surface area contributed by atoms with Crippen molar-refractivity contribution in [1.82, 2.24) is 9.97 Å². The van der Waals surface area contributed by atoms with E-state index >= 15 is 0 Å². The molecule has 5 heteroatoms. The van der Waals surface area contributed by atoms with Gasteiger partial charge in [-0.15, -0.1) is 11.3 Å². The van der Waals surface area contributed by atoms with Crippen LogP contribution in [0.15, 0.2) is 12.4 Å². The molecule has 1 aliphatic heterocycles. The molecule has 2 unspecified atom stereocenters. The molecule has 2 N–H and O–H groups in total. The molecule has 3 rings (SSSR count). The van der Waals surface area contributed by atoms with Crippen LogP contribution in [-0.2, 0) is 0 Å². The number of anilines is 1. The Labute approximate surface area is 111 Å². The predicted octanol–water partition coefficient (Wildman–Crippen LogP) is 2.17. The highest BCUT2D eigenvalue weighted by molar-refractivity contribution is 7.18. The van der Waals surface area contributed by atoms with E-state index in [1.54, 1.807) is 17.7 Å². The van der Waals surface area contributed by atoms with E-state index in [0.29, 0.717) is 5.92 Å². The molecule has 2 aromatic heterocycles. The fraction of sp³-hybridized carbons (Fsp3) is 0.538. The van der Waals surface area contributed by atoms with Gasteiger partial charge < -0.3 is 10.6 Å². The predicted molar refractivity (Wildman–Crippen MR) is 76.1 cm³/mol. The summed E-state index contributed by atoms with van der Waals surface area (Å²) in [6.45, 7) is 6.27. The van der Waals surface area contributed by atoms with Crippen LogP contribution in [0, 0.1) is 12.8 Å². The van der Waals surface area contributed by atoms with Crippen LogP contribution in [0.1, 0.15) is 18.2 Å². The minimum Gasteiger partial charge on any atom is -0.356 e. The van der Waals surface area contributed by atoms with E-state index < -0.39 is 0 Å². The average molecular weight is 262 g/mol. The molecule has 3 heterocycles. The van der Waals surface area contributed by atoms with Crippen molar-refractivity contribution in [2.24, 2.45) is 11.7 Å². The molecular formula is C13H18N4S. The summed E-state index contributed by atoms with van der Waals surface area (Å²) in [5.41, 5.74) is 6.00. The lowest BCUT2D eigenvalue weighted by atomic mass is 10.0. The normalized spacial score (nSPS) is 21.7.